The van der Waals surface area contributed by atoms with Gasteiger partial charge >= 0.3 is 0 Å². The van der Waals surface area contributed by atoms with Crippen LogP contribution >= 0.6 is 12.2 Å². The van der Waals surface area contributed by atoms with E-state index < -0.39 is 0 Å². The third kappa shape index (κ3) is 3.50. The minimum Gasteiger partial charge on any atom is -0.497 e. The highest BCUT2D eigenvalue weighted by molar-refractivity contribution is 7.80. The first-order valence-electron chi connectivity index (χ1n) is 9.94. The molecule has 0 saturated carbocycles. The smallest absolute Gasteiger partial charge is 0.174 e. The van der Waals surface area contributed by atoms with E-state index in [1.807, 2.05) is 42.6 Å². The van der Waals surface area contributed by atoms with Crippen LogP contribution in [0.25, 0.3) is 0 Å². The lowest BCUT2D eigenvalue weighted by molar-refractivity contribution is 0.402. The monoisotopic (exact) mass is 422 g/mol. The van der Waals surface area contributed by atoms with Crippen LogP contribution in [0.3, 0.4) is 0 Å². The van der Waals surface area contributed by atoms with E-state index in [-0.39, 0.29) is 12.1 Å². The Morgan fingerprint density at radius 2 is 1.90 bits per heavy atom. The number of nitrogens with one attached hydrogen (secondary N) is 1. The van der Waals surface area contributed by atoms with E-state index >= 15 is 0 Å². The molecule has 0 aliphatic carbocycles. The van der Waals surface area contributed by atoms with E-state index in [2.05, 4.69) is 51.9 Å². The summed E-state index contributed by atoms with van der Waals surface area (Å²) in [6, 6.07) is 16.0. The van der Waals surface area contributed by atoms with Gasteiger partial charge in [-0.05, 0) is 62.5 Å². The van der Waals surface area contributed by atoms with Gasteiger partial charge in [-0.15, -0.1) is 0 Å². The van der Waals surface area contributed by atoms with Crippen LogP contribution in [0, 0.1) is 0 Å². The summed E-state index contributed by atoms with van der Waals surface area (Å²) in [5.41, 5.74) is 2.94. The van der Waals surface area contributed by atoms with Gasteiger partial charge in [0.1, 0.15) is 17.5 Å². The van der Waals surface area contributed by atoms with Gasteiger partial charge in [0, 0.05) is 30.2 Å². The lowest BCUT2D eigenvalue weighted by Gasteiger charge is -2.30. The maximum atomic E-state index is 5.83. The minimum atomic E-state index is -0.109. The Bertz CT molecular complexity index is 1030. The molecule has 0 amide bonds. The number of anilines is 1. The Balaban J connectivity index is 1.91. The van der Waals surface area contributed by atoms with Crippen molar-refractivity contribution in [3.8, 4) is 11.5 Å². The molecule has 1 aliphatic rings. The van der Waals surface area contributed by atoms with E-state index in [0.717, 1.165) is 28.6 Å². The number of pyridine rings is 1. The summed E-state index contributed by atoms with van der Waals surface area (Å²) in [4.78, 5) is 6.74. The van der Waals surface area contributed by atoms with Crippen LogP contribution < -0.4 is 19.7 Å². The molecule has 1 N–H and O–H groups in total. The molecule has 1 fully saturated rings. The van der Waals surface area contributed by atoms with E-state index in [9.17, 15) is 0 Å². The number of hydrogen-bond acceptors (Lipinski definition) is 4. The van der Waals surface area contributed by atoms with Crippen LogP contribution in [0.5, 0.6) is 11.5 Å². The van der Waals surface area contributed by atoms with Gasteiger partial charge in [-0.25, -0.2) is 0 Å². The average molecular weight is 423 g/mol. The Hall–Kier alpha value is -3.06. The summed E-state index contributed by atoms with van der Waals surface area (Å²) in [5, 5.41) is 4.12. The standard InChI is InChI=1S/C23H26N4O2S/c1-15(2)26-13-7-9-18(26)22-21(17-8-5-6-12-24-17)25-23(30)27(22)19-14-16(28-3)10-11-20(19)29-4/h5-15,21-22H,1-4H3,(H,25,30). The van der Waals surface area contributed by atoms with Gasteiger partial charge in [-0.3, -0.25) is 4.98 Å². The first-order chi connectivity index (χ1) is 14.5. The van der Waals surface area contributed by atoms with Gasteiger partial charge in [0.15, 0.2) is 5.11 Å². The fraction of sp³-hybridized carbons (Fsp3) is 0.304. The lowest BCUT2D eigenvalue weighted by atomic mass is 10.0. The maximum absolute atomic E-state index is 5.83. The van der Waals surface area contributed by atoms with Crippen molar-refractivity contribution in [3.63, 3.8) is 0 Å². The van der Waals surface area contributed by atoms with Crippen molar-refractivity contribution in [2.45, 2.75) is 32.0 Å². The van der Waals surface area contributed by atoms with Crippen LogP contribution in [-0.4, -0.2) is 28.9 Å². The molecule has 7 heteroatoms. The van der Waals surface area contributed by atoms with Gasteiger partial charge in [-0.2, -0.15) is 0 Å². The molecule has 3 heterocycles. The van der Waals surface area contributed by atoms with Gasteiger partial charge in [0.2, 0.25) is 0 Å². The highest BCUT2D eigenvalue weighted by Gasteiger charge is 2.43. The molecule has 6 nitrogen and oxygen atoms in total. The minimum absolute atomic E-state index is 0.106. The molecular formula is C23H26N4O2S. The molecule has 30 heavy (non-hydrogen) atoms. The van der Waals surface area contributed by atoms with Crippen LogP contribution in [0.15, 0.2) is 60.9 Å². The largest absolute Gasteiger partial charge is 0.497 e. The topological polar surface area (TPSA) is 51.6 Å². The fourth-order valence-electron chi connectivity index (χ4n) is 4.03. The summed E-state index contributed by atoms with van der Waals surface area (Å²) in [6.45, 7) is 4.35. The van der Waals surface area contributed by atoms with E-state index in [1.165, 1.54) is 0 Å². The number of benzene rings is 1. The molecule has 4 rings (SSSR count). The SMILES string of the molecule is COc1ccc(OC)c(N2C(=S)NC(c3ccccn3)C2c2cccn2C(C)C)c1. The number of ether oxygens (including phenoxy) is 2. The zero-order valence-electron chi connectivity index (χ0n) is 17.6. The first kappa shape index (κ1) is 20.2. The average Bonchev–Trinajstić information content (AvgIpc) is 3.38. The Morgan fingerprint density at radius 1 is 1.07 bits per heavy atom. The predicted molar refractivity (Wildman–Crippen MR) is 122 cm³/mol. The molecule has 2 aromatic heterocycles. The van der Waals surface area contributed by atoms with Crippen LogP contribution in [0.2, 0.25) is 0 Å². The van der Waals surface area contributed by atoms with Gasteiger partial charge in [-0.1, -0.05) is 6.07 Å². The second-order valence-electron chi connectivity index (χ2n) is 7.47. The second kappa shape index (κ2) is 8.36. The summed E-state index contributed by atoms with van der Waals surface area (Å²) in [5.74, 6) is 1.47. The Kier molecular flexibility index (Phi) is 5.63. The highest BCUT2D eigenvalue weighted by atomic mass is 32.1. The maximum Gasteiger partial charge on any atom is 0.174 e. The van der Waals surface area contributed by atoms with Crippen molar-refractivity contribution >= 4 is 23.0 Å². The second-order valence-corrected chi connectivity index (χ2v) is 7.86. The molecule has 2 atom stereocenters. The first-order valence-corrected chi connectivity index (χ1v) is 10.4. The molecule has 1 aliphatic heterocycles. The molecule has 3 aromatic rings. The molecule has 0 spiro atoms. The summed E-state index contributed by atoms with van der Waals surface area (Å²) in [6.07, 6.45) is 3.92. The number of nitrogens with zero attached hydrogens (tertiary/aromatic N) is 3. The van der Waals surface area contributed by atoms with Crippen molar-refractivity contribution in [2.24, 2.45) is 0 Å². The Morgan fingerprint density at radius 3 is 2.57 bits per heavy atom. The summed E-state index contributed by atoms with van der Waals surface area (Å²) >= 11 is 5.83. The molecule has 1 saturated heterocycles. The zero-order valence-corrected chi connectivity index (χ0v) is 18.4. The number of thiocarbonyl (C=S) groups is 1. The van der Waals surface area contributed by atoms with Crippen molar-refractivity contribution in [3.05, 3.63) is 72.3 Å². The number of aromatic nitrogens is 2. The van der Waals surface area contributed by atoms with Gasteiger partial charge < -0.3 is 24.3 Å². The van der Waals surface area contributed by atoms with Crippen LogP contribution in [0.1, 0.15) is 43.4 Å². The Labute approximate surface area is 182 Å². The zero-order chi connectivity index (χ0) is 21.3. The molecule has 2 unspecified atom stereocenters. The summed E-state index contributed by atoms with van der Waals surface area (Å²) < 4.78 is 13.4. The fourth-order valence-corrected chi connectivity index (χ4v) is 4.37. The molecule has 1 aromatic carbocycles. The van der Waals surface area contributed by atoms with E-state index in [1.54, 1.807) is 14.2 Å². The van der Waals surface area contributed by atoms with Crippen molar-refractivity contribution in [2.75, 3.05) is 19.1 Å². The summed E-state index contributed by atoms with van der Waals surface area (Å²) in [7, 11) is 3.32. The van der Waals surface area contributed by atoms with Crippen molar-refractivity contribution in [1.29, 1.82) is 0 Å². The third-order valence-electron chi connectivity index (χ3n) is 5.41. The van der Waals surface area contributed by atoms with Crippen molar-refractivity contribution < 1.29 is 9.47 Å². The van der Waals surface area contributed by atoms with E-state index in [4.69, 9.17) is 21.7 Å². The van der Waals surface area contributed by atoms with Crippen molar-refractivity contribution in [1.82, 2.24) is 14.9 Å². The van der Waals surface area contributed by atoms with Gasteiger partial charge in [0.25, 0.3) is 0 Å². The molecular weight excluding hydrogens is 396 g/mol. The van der Waals surface area contributed by atoms with Crippen LogP contribution in [0.4, 0.5) is 5.69 Å². The quantitative estimate of drug-likeness (QED) is 0.583. The lowest BCUT2D eigenvalue weighted by Crippen LogP contribution is -2.31. The predicted octanol–water partition coefficient (Wildman–Crippen LogP) is 4.66. The number of rotatable bonds is 6. The van der Waals surface area contributed by atoms with Crippen LogP contribution in [-0.2, 0) is 0 Å². The number of hydrogen-bond donors (Lipinski definition) is 1. The number of methoxy groups -OCH3 is 2. The normalized spacial score (nSPS) is 18.6. The third-order valence-corrected chi connectivity index (χ3v) is 5.73. The van der Waals surface area contributed by atoms with Gasteiger partial charge in [0.05, 0.1) is 31.6 Å². The molecule has 0 bridgehead atoms. The highest BCUT2D eigenvalue weighted by Crippen LogP contribution is 2.45. The molecule has 0 radical (unpaired) electrons. The van der Waals surface area contributed by atoms with E-state index in [0.29, 0.717) is 11.2 Å². The molecule has 156 valence electrons.